The summed E-state index contributed by atoms with van der Waals surface area (Å²) in [6, 6.07) is 17.4. The number of alkyl halides is 3. The van der Waals surface area contributed by atoms with Crippen molar-refractivity contribution in [1.29, 1.82) is 0 Å². The lowest BCUT2D eigenvalue weighted by Gasteiger charge is -2.12. The van der Waals surface area contributed by atoms with Crippen LogP contribution in [0.5, 0.6) is 0 Å². The lowest BCUT2D eigenvalue weighted by molar-refractivity contribution is -0.176. The van der Waals surface area contributed by atoms with Crippen LogP contribution in [-0.4, -0.2) is 32.3 Å². The maximum atomic E-state index is 12.1. The Morgan fingerprint density at radius 3 is 2.18 bits per heavy atom. The maximum absolute atomic E-state index is 12.1. The highest BCUT2D eigenvalue weighted by molar-refractivity contribution is 14.0. The summed E-state index contributed by atoms with van der Waals surface area (Å²) in [5.41, 5.74) is 2.96. The lowest BCUT2D eigenvalue weighted by Crippen LogP contribution is -2.37. The van der Waals surface area contributed by atoms with Gasteiger partial charge in [-0.1, -0.05) is 54.6 Å². The standard InChI is InChI=1S/C20H24F3N3O.HI/c1-24-19(25-12-11-16-5-3-2-4-6-16)26-13-17-7-9-18(10-8-17)14-27-15-20(21,22)23;/h2-10H,11-15H2,1H3,(H2,24,25,26);1H. The summed E-state index contributed by atoms with van der Waals surface area (Å²) < 4.78 is 40.9. The Morgan fingerprint density at radius 1 is 0.929 bits per heavy atom. The minimum Gasteiger partial charge on any atom is -0.367 e. The third-order valence-electron chi connectivity index (χ3n) is 3.79. The van der Waals surface area contributed by atoms with Crippen molar-refractivity contribution in [3.8, 4) is 0 Å². The Morgan fingerprint density at radius 2 is 1.57 bits per heavy atom. The average molecular weight is 507 g/mol. The fourth-order valence-electron chi connectivity index (χ4n) is 2.41. The fourth-order valence-corrected chi connectivity index (χ4v) is 2.41. The molecule has 0 unspecified atom stereocenters. The largest absolute Gasteiger partial charge is 0.411 e. The molecule has 0 aromatic heterocycles. The van der Waals surface area contributed by atoms with Gasteiger partial charge in [0.05, 0.1) is 6.61 Å². The van der Waals surface area contributed by atoms with Gasteiger partial charge in [0.25, 0.3) is 0 Å². The van der Waals surface area contributed by atoms with Gasteiger partial charge in [0, 0.05) is 20.1 Å². The zero-order valence-corrected chi connectivity index (χ0v) is 18.0. The minimum atomic E-state index is -4.30. The number of hydrogen-bond acceptors (Lipinski definition) is 2. The second kappa shape index (κ2) is 12.6. The van der Waals surface area contributed by atoms with Gasteiger partial charge in [-0.3, -0.25) is 4.99 Å². The summed E-state index contributed by atoms with van der Waals surface area (Å²) in [5.74, 6) is 0.698. The minimum absolute atomic E-state index is 0. The fraction of sp³-hybridized carbons (Fsp3) is 0.350. The molecule has 0 atom stereocenters. The van der Waals surface area contributed by atoms with Gasteiger partial charge in [-0.05, 0) is 23.1 Å². The molecule has 4 nitrogen and oxygen atoms in total. The summed E-state index contributed by atoms with van der Waals surface area (Å²) >= 11 is 0. The van der Waals surface area contributed by atoms with Crippen molar-refractivity contribution in [1.82, 2.24) is 10.6 Å². The Labute approximate surface area is 180 Å². The number of nitrogens with zero attached hydrogens (tertiary/aromatic N) is 1. The third-order valence-corrected chi connectivity index (χ3v) is 3.79. The summed E-state index contributed by atoms with van der Waals surface area (Å²) in [6.45, 7) is 0.0328. The molecule has 0 saturated carbocycles. The molecule has 2 aromatic carbocycles. The summed E-state index contributed by atoms with van der Waals surface area (Å²) in [6.07, 6.45) is -3.40. The summed E-state index contributed by atoms with van der Waals surface area (Å²) in [7, 11) is 1.71. The van der Waals surface area contributed by atoms with Crippen molar-refractivity contribution in [3.05, 3.63) is 71.3 Å². The summed E-state index contributed by atoms with van der Waals surface area (Å²) in [5, 5.41) is 6.47. The lowest BCUT2D eigenvalue weighted by atomic mass is 10.1. The van der Waals surface area contributed by atoms with Crippen molar-refractivity contribution in [2.45, 2.75) is 25.7 Å². The van der Waals surface area contributed by atoms with Crippen molar-refractivity contribution in [2.24, 2.45) is 4.99 Å². The number of hydrogen-bond donors (Lipinski definition) is 2. The molecule has 0 spiro atoms. The van der Waals surface area contributed by atoms with Crippen molar-refractivity contribution < 1.29 is 17.9 Å². The van der Waals surface area contributed by atoms with E-state index in [-0.39, 0.29) is 30.6 Å². The predicted octanol–water partition coefficient (Wildman–Crippen LogP) is 4.29. The van der Waals surface area contributed by atoms with Gasteiger partial charge in [0.15, 0.2) is 5.96 Å². The molecule has 2 aromatic rings. The first-order valence-corrected chi connectivity index (χ1v) is 8.67. The molecular formula is C20H25F3IN3O. The Kier molecular flexibility index (Phi) is 10.9. The molecule has 8 heteroatoms. The molecule has 0 heterocycles. The van der Waals surface area contributed by atoms with E-state index in [1.807, 2.05) is 30.3 Å². The molecule has 0 radical (unpaired) electrons. The van der Waals surface area contributed by atoms with Gasteiger partial charge in [-0.15, -0.1) is 24.0 Å². The molecule has 0 saturated heterocycles. The summed E-state index contributed by atoms with van der Waals surface area (Å²) in [4.78, 5) is 4.18. The quantitative estimate of drug-likeness (QED) is 0.319. The van der Waals surface area contributed by atoms with E-state index in [0.29, 0.717) is 18.1 Å². The topological polar surface area (TPSA) is 45.7 Å². The second-order valence-electron chi connectivity index (χ2n) is 6.01. The van der Waals surface area contributed by atoms with Crippen molar-refractivity contribution in [2.75, 3.05) is 20.2 Å². The van der Waals surface area contributed by atoms with Crippen LogP contribution in [0.1, 0.15) is 16.7 Å². The molecule has 0 amide bonds. The molecule has 154 valence electrons. The van der Waals surface area contributed by atoms with Gasteiger partial charge in [0.1, 0.15) is 6.61 Å². The highest BCUT2D eigenvalue weighted by Crippen LogP contribution is 2.15. The molecule has 2 N–H and O–H groups in total. The van der Waals surface area contributed by atoms with Gasteiger partial charge < -0.3 is 15.4 Å². The van der Waals surface area contributed by atoms with Crippen LogP contribution < -0.4 is 10.6 Å². The number of aliphatic imine (C=N–C) groups is 1. The normalized spacial score (nSPS) is 11.6. The smallest absolute Gasteiger partial charge is 0.367 e. The first kappa shape index (κ1) is 24.2. The highest BCUT2D eigenvalue weighted by atomic mass is 127. The second-order valence-corrected chi connectivity index (χ2v) is 6.01. The number of nitrogens with one attached hydrogen (secondary N) is 2. The first-order valence-electron chi connectivity index (χ1n) is 8.67. The van der Waals surface area contributed by atoms with E-state index in [1.165, 1.54) is 5.56 Å². The van der Waals surface area contributed by atoms with E-state index in [9.17, 15) is 13.2 Å². The highest BCUT2D eigenvalue weighted by Gasteiger charge is 2.27. The van der Waals surface area contributed by atoms with Crippen LogP contribution >= 0.6 is 24.0 Å². The van der Waals surface area contributed by atoms with Crippen molar-refractivity contribution >= 4 is 29.9 Å². The van der Waals surface area contributed by atoms with Crippen LogP contribution in [0, 0.1) is 0 Å². The van der Waals surface area contributed by atoms with E-state index in [2.05, 4.69) is 32.5 Å². The Balaban J connectivity index is 0.00000392. The number of ether oxygens (including phenoxy) is 1. The van der Waals surface area contributed by atoms with E-state index < -0.39 is 12.8 Å². The van der Waals surface area contributed by atoms with Gasteiger partial charge in [-0.2, -0.15) is 13.2 Å². The molecule has 28 heavy (non-hydrogen) atoms. The van der Waals surface area contributed by atoms with Crippen LogP contribution in [0.25, 0.3) is 0 Å². The molecular weight excluding hydrogens is 482 g/mol. The maximum Gasteiger partial charge on any atom is 0.411 e. The van der Waals surface area contributed by atoms with E-state index in [0.717, 1.165) is 18.5 Å². The average Bonchev–Trinajstić information content (AvgIpc) is 2.65. The Bertz CT molecular complexity index is 707. The first-order chi connectivity index (χ1) is 13.0. The number of halogens is 4. The number of benzene rings is 2. The molecule has 0 aliphatic heterocycles. The monoisotopic (exact) mass is 507 g/mol. The zero-order valence-electron chi connectivity index (χ0n) is 15.6. The van der Waals surface area contributed by atoms with Crippen LogP contribution in [-0.2, 0) is 24.3 Å². The van der Waals surface area contributed by atoms with E-state index in [1.54, 1.807) is 19.2 Å². The van der Waals surface area contributed by atoms with Crippen LogP contribution in [0.3, 0.4) is 0 Å². The molecule has 0 aliphatic carbocycles. The van der Waals surface area contributed by atoms with Gasteiger partial charge in [-0.25, -0.2) is 0 Å². The van der Waals surface area contributed by atoms with Crippen LogP contribution in [0.15, 0.2) is 59.6 Å². The van der Waals surface area contributed by atoms with Gasteiger partial charge in [0.2, 0.25) is 0 Å². The van der Waals surface area contributed by atoms with Crippen LogP contribution in [0.2, 0.25) is 0 Å². The molecule has 2 rings (SSSR count). The molecule has 0 aliphatic rings. The SMILES string of the molecule is CN=C(NCCc1ccccc1)NCc1ccc(COCC(F)(F)F)cc1.I. The Hall–Kier alpha value is -1.81. The van der Waals surface area contributed by atoms with Crippen LogP contribution in [0.4, 0.5) is 13.2 Å². The number of rotatable bonds is 8. The van der Waals surface area contributed by atoms with Gasteiger partial charge >= 0.3 is 6.18 Å². The molecule has 0 fully saturated rings. The van der Waals surface area contributed by atoms with E-state index in [4.69, 9.17) is 0 Å². The third kappa shape index (κ3) is 9.93. The zero-order chi connectivity index (χ0) is 19.5. The molecule has 0 bridgehead atoms. The number of guanidine groups is 1. The van der Waals surface area contributed by atoms with Crippen molar-refractivity contribution in [3.63, 3.8) is 0 Å². The van der Waals surface area contributed by atoms with E-state index >= 15 is 0 Å². The predicted molar refractivity (Wildman–Crippen MR) is 116 cm³/mol.